The molecule has 0 spiro atoms. The van der Waals surface area contributed by atoms with Gasteiger partial charge < -0.3 is 0 Å². The molecule has 0 aliphatic heterocycles. The Morgan fingerprint density at radius 3 is 0.355 bits per heavy atom. The second-order valence-corrected chi connectivity index (χ2v) is 20.7. The van der Waals surface area contributed by atoms with E-state index in [9.17, 15) is 223 Å². The van der Waals surface area contributed by atoms with Gasteiger partial charge in [0.1, 0.15) is 0 Å². The van der Waals surface area contributed by atoms with Crippen LogP contribution >= 0.6 is 0 Å². The fourth-order valence-corrected chi connectivity index (χ4v) is 12.6. The van der Waals surface area contributed by atoms with Gasteiger partial charge in [-0.15, -0.1) is 0 Å². The molecule has 0 bridgehead atoms. The van der Waals surface area contributed by atoms with Crippen LogP contribution in [0.4, 0.5) is 198 Å². The fraction of sp³-hybridized carbons (Fsp3) is 1.00. The smallest absolute Gasteiger partial charge is 0.220 e. The average molecular weight is 1310 g/mol. The van der Waals surface area contributed by atoms with Crippen molar-refractivity contribution < 1.29 is 223 Å². The summed E-state index contributed by atoms with van der Waals surface area (Å²) >= 11 is 0. The molecule has 0 aliphatic carbocycles. The van der Waals surface area contributed by atoms with Crippen molar-refractivity contribution >= 4 is 29.5 Å². The molecule has 0 aromatic rings. The molecule has 0 unspecified atom stereocenters. The second-order valence-electron chi connectivity index (χ2n) is 13.6. The topological polar surface area (TPSA) is 102 Å². The van der Waals surface area contributed by atoms with E-state index in [4.69, 9.17) is 0 Å². The molecule has 76 heavy (non-hydrogen) atoms. The van der Waals surface area contributed by atoms with Gasteiger partial charge in [-0.25, -0.2) is 25.3 Å². The second kappa shape index (κ2) is 17.4. The van der Waals surface area contributed by atoms with Crippen molar-refractivity contribution in [3.63, 3.8) is 0 Å². The van der Waals surface area contributed by atoms with Crippen molar-refractivity contribution in [3.05, 3.63) is 0 Å². The molecule has 0 amide bonds. The van der Waals surface area contributed by atoms with E-state index in [0.29, 0.717) is 0 Å². The van der Waals surface area contributed by atoms with Crippen LogP contribution in [0.25, 0.3) is 0 Å². The number of halogens is 45. The predicted octanol–water partition coefficient (Wildman–Crippen LogP) is 12.5. The number of alkyl halides is 45. The molecular formula is C22HF45O6S3. The maximum absolute atomic E-state index is 14.9. The van der Waals surface area contributed by atoms with Gasteiger partial charge in [-0.2, -0.15) is 198 Å². The maximum Gasteiger partial charge on any atom is 0.460 e. The van der Waals surface area contributed by atoms with E-state index in [-0.39, 0.29) is 0 Å². The Balaban J connectivity index is 9.80. The van der Waals surface area contributed by atoms with Gasteiger partial charge in [0.05, 0.1) is 0 Å². The first-order valence-electron chi connectivity index (χ1n) is 15.3. The lowest BCUT2D eigenvalue weighted by Crippen LogP contribution is -2.76. The van der Waals surface area contributed by atoms with Crippen LogP contribution in [-0.4, -0.2) is 152 Å². The molecule has 0 radical (unpaired) electrons. The molecular weight excluding hydrogens is 1310 g/mol. The summed E-state index contributed by atoms with van der Waals surface area (Å²) in [5.41, 5.74) is 0. The number of sulfone groups is 3. The molecule has 0 aliphatic rings. The van der Waals surface area contributed by atoms with Crippen LogP contribution in [0.2, 0.25) is 0 Å². The van der Waals surface area contributed by atoms with Crippen molar-refractivity contribution in [2.75, 3.05) is 0 Å². The van der Waals surface area contributed by atoms with Gasteiger partial charge in [0.2, 0.25) is 0 Å². The summed E-state index contributed by atoms with van der Waals surface area (Å²) in [6.07, 6.45) is -26.4. The highest BCUT2D eigenvalue weighted by Gasteiger charge is 3.00. The summed E-state index contributed by atoms with van der Waals surface area (Å²) in [6, 6.07) is 0. The molecule has 6 nitrogen and oxygen atoms in total. The Hall–Kier alpha value is -3.30. The Bertz CT molecular complexity index is 2250. The van der Waals surface area contributed by atoms with Crippen LogP contribution in [0.1, 0.15) is 0 Å². The van der Waals surface area contributed by atoms with Crippen LogP contribution in [0.3, 0.4) is 0 Å². The lowest BCUT2D eigenvalue weighted by atomic mass is 9.94. The fourth-order valence-electron chi connectivity index (χ4n) is 4.26. The van der Waals surface area contributed by atoms with Crippen molar-refractivity contribution in [1.82, 2.24) is 0 Å². The van der Waals surface area contributed by atoms with Gasteiger partial charge in [-0.1, -0.05) is 0 Å². The first kappa shape index (κ1) is 72.7. The standard InChI is InChI=1S/C22HF45O6S3/c23-2(24,5(29,30)11(41,42)17(53,54)55)8(35,36)14(47,48)20(62,63)74(68,69)1(75(70,71)21(64,65)15(49,50)9(37,38)3(25,26)6(31,32)12(43,44)18(56,57)58)76(72,73)22(66,67)16(51,52)10(39,40)4(27,28)7(33,34)13(45,46)19(59,60)61/h1H. The first-order chi connectivity index (χ1) is 31.6. The summed E-state index contributed by atoms with van der Waals surface area (Å²) in [4.78, 5) is 0. The van der Waals surface area contributed by atoms with Crippen LogP contribution in [-0.2, 0) is 29.5 Å². The first-order valence-corrected chi connectivity index (χ1v) is 20.0. The molecule has 0 aromatic carbocycles. The highest BCUT2D eigenvalue weighted by Crippen LogP contribution is 2.69. The van der Waals surface area contributed by atoms with E-state index >= 15 is 0 Å². The quantitative estimate of drug-likeness (QED) is 0.106. The van der Waals surface area contributed by atoms with Crippen LogP contribution in [0.5, 0.6) is 0 Å². The third-order valence-electron chi connectivity index (χ3n) is 8.73. The molecule has 54 heteroatoms. The van der Waals surface area contributed by atoms with E-state index in [2.05, 4.69) is 0 Å². The Morgan fingerprint density at radius 1 is 0.158 bits per heavy atom. The lowest BCUT2D eigenvalue weighted by molar-refractivity contribution is -0.448. The van der Waals surface area contributed by atoms with E-state index < -0.39 is 157 Å². The predicted molar refractivity (Wildman–Crippen MR) is 138 cm³/mol. The normalized spacial score (nSPS) is 17.4. The van der Waals surface area contributed by atoms with Crippen LogP contribution in [0, 0.1) is 0 Å². The monoisotopic (exact) mass is 1310 g/mol. The van der Waals surface area contributed by atoms with Crippen molar-refractivity contribution in [1.29, 1.82) is 0 Å². The van der Waals surface area contributed by atoms with E-state index in [0.717, 1.165) is 0 Å². The molecule has 458 valence electrons. The Kier molecular flexibility index (Phi) is 16.6. The van der Waals surface area contributed by atoms with Gasteiger partial charge in [-0.05, 0) is 0 Å². The van der Waals surface area contributed by atoms with Crippen molar-refractivity contribution in [3.8, 4) is 0 Å². The van der Waals surface area contributed by atoms with Crippen LogP contribution in [0.15, 0.2) is 0 Å². The summed E-state index contributed by atoms with van der Waals surface area (Å²) < 4.78 is 681. The number of rotatable bonds is 21. The zero-order chi connectivity index (χ0) is 63.6. The Labute approximate surface area is 380 Å². The summed E-state index contributed by atoms with van der Waals surface area (Å²) in [5, 5.41) is -32.7. The maximum atomic E-state index is 14.9. The van der Waals surface area contributed by atoms with Crippen molar-refractivity contribution in [2.45, 2.75) is 127 Å². The molecule has 0 heterocycles. The van der Waals surface area contributed by atoms with Gasteiger partial charge in [0, 0.05) is 0 Å². The minimum absolute atomic E-state index is 8.81. The number of hydrogen-bond donors (Lipinski definition) is 0. The molecule has 0 saturated carbocycles. The highest BCUT2D eigenvalue weighted by molar-refractivity contribution is 8.25. The van der Waals surface area contributed by atoms with E-state index in [1.807, 2.05) is 0 Å². The summed E-state index contributed by atoms with van der Waals surface area (Å²) in [6.45, 7) is 0. The summed E-state index contributed by atoms with van der Waals surface area (Å²) in [7, 11) is -36.5. The van der Waals surface area contributed by atoms with Gasteiger partial charge in [-0.3, -0.25) is 0 Å². The van der Waals surface area contributed by atoms with Gasteiger partial charge in [0.15, 0.2) is 0 Å². The number of hydrogen-bond acceptors (Lipinski definition) is 6. The molecule has 0 aromatic heterocycles. The summed E-state index contributed by atoms with van der Waals surface area (Å²) in [5.74, 6) is -153. The van der Waals surface area contributed by atoms with Crippen molar-refractivity contribution in [2.24, 2.45) is 0 Å². The van der Waals surface area contributed by atoms with Gasteiger partial charge in [0.25, 0.3) is 33.4 Å². The van der Waals surface area contributed by atoms with Crippen LogP contribution < -0.4 is 0 Å². The molecule has 0 N–H and O–H groups in total. The average Bonchev–Trinajstić information content (AvgIpc) is 3.14. The molecule has 0 fully saturated rings. The third kappa shape index (κ3) is 8.28. The SMILES string of the molecule is O=S(=O)(C(S(=O)(=O)C(F)(F)C(F)(F)C(F)(F)C(F)(F)C(F)(F)C(F)(F)C(F)(F)F)S(=O)(=O)C(F)(F)C(F)(F)C(F)(F)C(F)(F)C(F)(F)C(F)(F)C(F)(F)F)C(F)(F)C(F)(F)C(F)(F)C(F)(F)C(F)(F)C(F)(F)C(F)(F)F. The lowest BCUT2D eigenvalue weighted by Gasteiger charge is -2.43. The Morgan fingerprint density at radius 2 is 0.250 bits per heavy atom. The molecule has 0 saturated heterocycles. The zero-order valence-corrected chi connectivity index (χ0v) is 34.2. The highest BCUT2D eigenvalue weighted by atomic mass is 32.3. The van der Waals surface area contributed by atoms with E-state index in [1.165, 1.54) is 0 Å². The molecule has 0 atom stereocenters. The zero-order valence-electron chi connectivity index (χ0n) is 31.8. The van der Waals surface area contributed by atoms with E-state index in [1.54, 1.807) is 0 Å². The van der Waals surface area contributed by atoms with Gasteiger partial charge >= 0.3 is 123 Å². The minimum atomic E-state index is -12.2. The minimum Gasteiger partial charge on any atom is -0.220 e. The third-order valence-corrected chi connectivity index (χ3v) is 17.7. The molecule has 0 rings (SSSR count). The largest absolute Gasteiger partial charge is 0.460 e.